The lowest BCUT2D eigenvalue weighted by atomic mass is 9.96. The molecule has 0 aliphatic carbocycles. The molecular weight excluding hydrogens is 569 g/mol. The molecule has 1 aliphatic heterocycles. The summed E-state index contributed by atoms with van der Waals surface area (Å²) in [7, 11) is 0. The number of rotatable bonds is 11. The summed E-state index contributed by atoms with van der Waals surface area (Å²) in [6.45, 7) is 5.86. The van der Waals surface area contributed by atoms with Crippen molar-refractivity contribution in [1.29, 1.82) is 0 Å². The summed E-state index contributed by atoms with van der Waals surface area (Å²) in [6, 6.07) is 10.8. The first-order chi connectivity index (χ1) is 20.3. The summed E-state index contributed by atoms with van der Waals surface area (Å²) in [5.41, 5.74) is 1.89. The standard InChI is InChI=1S/C30H34FNO11/c1-16(33)32-12-11-21-9-10-24(14-25(21)22-7-6-8-23(31)13-22)42-30-29(41-20(5)37)28(40-19(4)36)27(39-18(3)35)26(43-30)15-38-17(2)34/h6-10,13-14,26-30H,11-12,15H2,1-5H3,(H,32,33)/t26?,27-,28+,29-,30?/m1/s1. The fraction of sp³-hybridized carbons (Fsp3) is 0.433. The van der Waals surface area contributed by atoms with Gasteiger partial charge in [0.1, 0.15) is 24.3 Å². The molecule has 2 unspecified atom stereocenters. The van der Waals surface area contributed by atoms with Gasteiger partial charge in [0, 0.05) is 41.2 Å². The molecule has 1 saturated heterocycles. The first-order valence-electron chi connectivity index (χ1n) is 13.4. The lowest BCUT2D eigenvalue weighted by Gasteiger charge is -2.43. The highest BCUT2D eigenvalue weighted by Crippen LogP contribution is 2.34. The number of nitrogens with one attached hydrogen (secondary N) is 1. The number of hydrogen-bond acceptors (Lipinski definition) is 11. The predicted molar refractivity (Wildman–Crippen MR) is 147 cm³/mol. The molecule has 43 heavy (non-hydrogen) atoms. The van der Waals surface area contributed by atoms with E-state index in [1.807, 2.05) is 0 Å². The average Bonchev–Trinajstić information content (AvgIpc) is 2.90. The van der Waals surface area contributed by atoms with Crippen molar-refractivity contribution in [2.24, 2.45) is 0 Å². The highest BCUT2D eigenvalue weighted by atomic mass is 19.1. The van der Waals surface area contributed by atoms with E-state index in [4.69, 9.17) is 28.4 Å². The summed E-state index contributed by atoms with van der Waals surface area (Å²) in [5.74, 6) is -3.41. The Morgan fingerprint density at radius 1 is 0.814 bits per heavy atom. The van der Waals surface area contributed by atoms with Crippen molar-refractivity contribution in [3.8, 4) is 16.9 Å². The van der Waals surface area contributed by atoms with Gasteiger partial charge in [0.15, 0.2) is 12.2 Å². The van der Waals surface area contributed by atoms with Crippen molar-refractivity contribution in [1.82, 2.24) is 5.32 Å². The highest BCUT2D eigenvalue weighted by Gasteiger charge is 2.53. The first kappa shape index (κ1) is 33.0. The van der Waals surface area contributed by atoms with Crippen LogP contribution in [0.3, 0.4) is 0 Å². The Morgan fingerprint density at radius 2 is 1.47 bits per heavy atom. The quantitative estimate of drug-likeness (QED) is 0.298. The van der Waals surface area contributed by atoms with E-state index in [2.05, 4.69) is 5.32 Å². The van der Waals surface area contributed by atoms with E-state index >= 15 is 0 Å². The molecule has 1 amide bonds. The first-order valence-corrected chi connectivity index (χ1v) is 13.4. The molecule has 232 valence electrons. The van der Waals surface area contributed by atoms with Crippen LogP contribution in [-0.2, 0) is 54.1 Å². The van der Waals surface area contributed by atoms with E-state index in [0.717, 1.165) is 26.3 Å². The fourth-order valence-electron chi connectivity index (χ4n) is 4.56. The molecule has 0 aromatic heterocycles. The number of halogens is 1. The predicted octanol–water partition coefficient (Wildman–Crippen LogP) is 2.63. The summed E-state index contributed by atoms with van der Waals surface area (Å²) in [4.78, 5) is 59.1. The van der Waals surface area contributed by atoms with Gasteiger partial charge in [0.2, 0.25) is 18.3 Å². The van der Waals surface area contributed by atoms with Gasteiger partial charge in [-0.2, -0.15) is 0 Å². The second-order valence-electron chi connectivity index (χ2n) is 9.75. The third-order valence-electron chi connectivity index (χ3n) is 6.19. The van der Waals surface area contributed by atoms with E-state index in [9.17, 15) is 28.4 Å². The van der Waals surface area contributed by atoms with E-state index in [0.29, 0.717) is 24.1 Å². The normalized spacial score (nSPS) is 21.2. The molecule has 0 bridgehead atoms. The number of ether oxygens (including phenoxy) is 6. The van der Waals surface area contributed by atoms with E-state index in [-0.39, 0.29) is 11.7 Å². The van der Waals surface area contributed by atoms with Crippen LogP contribution in [0.4, 0.5) is 4.39 Å². The van der Waals surface area contributed by atoms with Crippen molar-refractivity contribution < 1.29 is 56.8 Å². The van der Waals surface area contributed by atoms with Crippen LogP contribution >= 0.6 is 0 Å². The zero-order chi connectivity index (χ0) is 31.7. The SMILES string of the molecule is CC(=O)NCCc1ccc(OC2OC(COC(C)=O)[C@@H](OC(C)=O)[C@H](OC(C)=O)[C@H]2OC(C)=O)cc1-c1cccc(F)c1. The van der Waals surface area contributed by atoms with Crippen LogP contribution in [-0.4, -0.2) is 73.6 Å². The molecule has 5 atom stereocenters. The second kappa shape index (κ2) is 15.1. The Morgan fingerprint density at radius 3 is 2.07 bits per heavy atom. The summed E-state index contributed by atoms with van der Waals surface area (Å²) >= 11 is 0. The molecule has 3 rings (SSSR count). The van der Waals surface area contributed by atoms with Crippen LogP contribution < -0.4 is 10.1 Å². The van der Waals surface area contributed by atoms with Gasteiger partial charge < -0.3 is 33.7 Å². The molecular formula is C30H34FNO11. The van der Waals surface area contributed by atoms with Crippen molar-refractivity contribution in [3.63, 3.8) is 0 Å². The Balaban J connectivity index is 2.04. The molecule has 2 aromatic carbocycles. The summed E-state index contributed by atoms with van der Waals surface area (Å²) in [6.07, 6.45) is -6.35. The van der Waals surface area contributed by atoms with Crippen molar-refractivity contribution in [2.75, 3.05) is 13.2 Å². The molecule has 1 N–H and O–H groups in total. The largest absolute Gasteiger partial charge is 0.463 e. The van der Waals surface area contributed by atoms with Crippen LogP contribution in [0, 0.1) is 5.82 Å². The Labute approximate surface area is 247 Å². The molecule has 0 radical (unpaired) electrons. The van der Waals surface area contributed by atoms with Crippen LogP contribution in [0.25, 0.3) is 11.1 Å². The average molecular weight is 604 g/mol. The number of carbonyl (C=O) groups excluding carboxylic acids is 5. The zero-order valence-electron chi connectivity index (χ0n) is 24.4. The number of esters is 4. The third kappa shape index (κ3) is 9.77. The van der Waals surface area contributed by atoms with E-state index < -0.39 is 67.0 Å². The Hall–Kier alpha value is -4.52. The topological polar surface area (TPSA) is 153 Å². The van der Waals surface area contributed by atoms with Crippen LogP contribution in [0.15, 0.2) is 42.5 Å². The fourth-order valence-corrected chi connectivity index (χ4v) is 4.56. The van der Waals surface area contributed by atoms with Crippen molar-refractivity contribution in [3.05, 3.63) is 53.8 Å². The summed E-state index contributed by atoms with van der Waals surface area (Å²) < 4.78 is 47.7. The molecule has 2 aromatic rings. The highest BCUT2D eigenvalue weighted by molar-refractivity contribution is 5.73. The smallest absolute Gasteiger partial charge is 0.303 e. The number of benzene rings is 2. The zero-order valence-corrected chi connectivity index (χ0v) is 24.4. The number of carbonyl (C=O) groups is 5. The number of amides is 1. The maximum atomic E-state index is 14.2. The maximum absolute atomic E-state index is 14.2. The third-order valence-corrected chi connectivity index (χ3v) is 6.19. The lowest BCUT2D eigenvalue weighted by molar-refractivity contribution is -0.288. The molecule has 12 nitrogen and oxygen atoms in total. The van der Waals surface area contributed by atoms with Gasteiger partial charge >= 0.3 is 23.9 Å². The maximum Gasteiger partial charge on any atom is 0.303 e. The molecule has 0 spiro atoms. The Bertz CT molecular complexity index is 1350. The molecule has 1 fully saturated rings. The molecule has 13 heteroatoms. The molecule has 1 aliphatic rings. The van der Waals surface area contributed by atoms with Gasteiger partial charge in [-0.15, -0.1) is 0 Å². The van der Waals surface area contributed by atoms with Crippen LogP contribution in [0.1, 0.15) is 40.2 Å². The monoisotopic (exact) mass is 603 g/mol. The van der Waals surface area contributed by atoms with Gasteiger partial charge in [0.05, 0.1) is 0 Å². The second-order valence-corrected chi connectivity index (χ2v) is 9.75. The van der Waals surface area contributed by atoms with Gasteiger partial charge in [-0.25, -0.2) is 4.39 Å². The summed E-state index contributed by atoms with van der Waals surface area (Å²) in [5, 5.41) is 2.73. The Kier molecular flexibility index (Phi) is 11.6. The number of hydrogen-bond donors (Lipinski definition) is 1. The van der Waals surface area contributed by atoms with Gasteiger partial charge in [-0.1, -0.05) is 18.2 Å². The van der Waals surface area contributed by atoms with Gasteiger partial charge in [0.25, 0.3) is 0 Å². The molecule has 1 heterocycles. The minimum absolute atomic E-state index is 0.198. The van der Waals surface area contributed by atoms with Gasteiger partial charge in [-0.3, -0.25) is 24.0 Å². The van der Waals surface area contributed by atoms with E-state index in [1.54, 1.807) is 30.3 Å². The molecule has 0 saturated carbocycles. The van der Waals surface area contributed by atoms with E-state index in [1.165, 1.54) is 26.0 Å². The van der Waals surface area contributed by atoms with Crippen molar-refractivity contribution >= 4 is 29.8 Å². The minimum Gasteiger partial charge on any atom is -0.463 e. The van der Waals surface area contributed by atoms with Crippen LogP contribution in [0.2, 0.25) is 0 Å². The van der Waals surface area contributed by atoms with Gasteiger partial charge in [-0.05, 0) is 47.4 Å². The van der Waals surface area contributed by atoms with Crippen LogP contribution in [0.5, 0.6) is 5.75 Å². The lowest BCUT2D eigenvalue weighted by Crippen LogP contribution is -2.63. The van der Waals surface area contributed by atoms with Crippen molar-refractivity contribution in [2.45, 2.75) is 71.7 Å². The minimum atomic E-state index is -1.44.